The van der Waals surface area contributed by atoms with Crippen LogP contribution in [0.15, 0.2) is 0 Å². The number of ether oxygens (including phenoxy) is 2. The Morgan fingerprint density at radius 3 is 2.13 bits per heavy atom. The van der Waals surface area contributed by atoms with Gasteiger partial charge in [-0.15, -0.1) is 0 Å². The first-order chi connectivity index (χ1) is 6.60. The van der Waals surface area contributed by atoms with Crippen molar-refractivity contribution >= 4 is 6.16 Å². The fraction of sp³-hybridized carbons (Fsp3) is 0.909. The van der Waals surface area contributed by atoms with Crippen molar-refractivity contribution in [2.24, 2.45) is 0 Å². The molecule has 4 heteroatoms. The Bertz CT molecular complexity index is 198. The molecule has 0 amide bonds. The number of carbonyl (C=O) groups is 1. The molecule has 0 rings (SSSR count). The standard InChI is InChI=1S/C11H22O4/c1-10(2,3)15-9(12)14-8-6-7-11(4,5)13/h13H,6-8H2,1-5H3. The van der Waals surface area contributed by atoms with Gasteiger partial charge in [-0.25, -0.2) is 4.79 Å². The zero-order chi connectivity index (χ0) is 12.1. The second-order valence-electron chi connectivity index (χ2n) is 5.23. The van der Waals surface area contributed by atoms with Gasteiger partial charge < -0.3 is 14.6 Å². The van der Waals surface area contributed by atoms with Gasteiger partial charge in [-0.3, -0.25) is 0 Å². The lowest BCUT2D eigenvalue weighted by molar-refractivity contribution is -0.0114. The molecule has 0 heterocycles. The fourth-order valence-electron chi connectivity index (χ4n) is 0.940. The molecule has 90 valence electrons. The van der Waals surface area contributed by atoms with Gasteiger partial charge in [-0.05, 0) is 47.5 Å². The van der Waals surface area contributed by atoms with E-state index in [1.165, 1.54) is 0 Å². The molecule has 4 nitrogen and oxygen atoms in total. The maximum Gasteiger partial charge on any atom is 0.508 e. The number of carbonyl (C=O) groups excluding carboxylic acids is 1. The van der Waals surface area contributed by atoms with Crippen LogP contribution in [-0.2, 0) is 9.47 Å². The van der Waals surface area contributed by atoms with E-state index in [1.807, 2.05) is 0 Å². The zero-order valence-corrected chi connectivity index (χ0v) is 10.3. The molecule has 0 fully saturated rings. The van der Waals surface area contributed by atoms with Gasteiger partial charge in [0.05, 0.1) is 12.2 Å². The Labute approximate surface area is 91.6 Å². The molecule has 0 aliphatic rings. The largest absolute Gasteiger partial charge is 0.508 e. The van der Waals surface area contributed by atoms with Crippen molar-refractivity contribution < 1.29 is 19.4 Å². The molecule has 0 aliphatic heterocycles. The van der Waals surface area contributed by atoms with E-state index in [1.54, 1.807) is 34.6 Å². The van der Waals surface area contributed by atoms with Crippen LogP contribution < -0.4 is 0 Å². The van der Waals surface area contributed by atoms with Crippen molar-refractivity contribution in [2.45, 2.75) is 58.7 Å². The summed E-state index contributed by atoms with van der Waals surface area (Å²) < 4.78 is 9.79. The number of rotatable bonds is 4. The summed E-state index contributed by atoms with van der Waals surface area (Å²) in [6.45, 7) is 9.07. The van der Waals surface area contributed by atoms with E-state index in [0.29, 0.717) is 12.8 Å². The third kappa shape index (κ3) is 11.2. The Morgan fingerprint density at radius 1 is 1.20 bits per heavy atom. The average Bonchev–Trinajstić information content (AvgIpc) is 1.92. The van der Waals surface area contributed by atoms with Gasteiger partial charge >= 0.3 is 6.16 Å². The van der Waals surface area contributed by atoms with Crippen molar-refractivity contribution in [1.29, 1.82) is 0 Å². The predicted molar refractivity (Wildman–Crippen MR) is 57.7 cm³/mol. The number of aliphatic hydroxyl groups is 1. The van der Waals surface area contributed by atoms with Crippen molar-refractivity contribution in [1.82, 2.24) is 0 Å². The lowest BCUT2D eigenvalue weighted by atomic mass is 10.0. The van der Waals surface area contributed by atoms with Crippen LogP contribution in [0.5, 0.6) is 0 Å². The lowest BCUT2D eigenvalue weighted by Gasteiger charge is -2.19. The highest BCUT2D eigenvalue weighted by molar-refractivity contribution is 5.60. The van der Waals surface area contributed by atoms with Gasteiger partial charge in [-0.1, -0.05) is 0 Å². The molecule has 0 aromatic carbocycles. The smallest absolute Gasteiger partial charge is 0.434 e. The summed E-state index contributed by atoms with van der Waals surface area (Å²) in [6, 6.07) is 0. The van der Waals surface area contributed by atoms with Crippen LogP contribution in [0.4, 0.5) is 4.79 Å². The minimum Gasteiger partial charge on any atom is -0.434 e. The van der Waals surface area contributed by atoms with Crippen LogP contribution in [0, 0.1) is 0 Å². The first-order valence-electron chi connectivity index (χ1n) is 5.18. The van der Waals surface area contributed by atoms with Crippen molar-refractivity contribution in [3.63, 3.8) is 0 Å². The third-order valence-corrected chi connectivity index (χ3v) is 1.54. The third-order valence-electron chi connectivity index (χ3n) is 1.54. The van der Waals surface area contributed by atoms with Crippen LogP contribution >= 0.6 is 0 Å². The highest BCUT2D eigenvalue weighted by atomic mass is 16.7. The minimum atomic E-state index is -0.711. The molecule has 0 radical (unpaired) electrons. The van der Waals surface area contributed by atoms with Crippen LogP contribution in [0.25, 0.3) is 0 Å². The van der Waals surface area contributed by atoms with Gasteiger partial charge in [0.25, 0.3) is 0 Å². The van der Waals surface area contributed by atoms with E-state index in [9.17, 15) is 9.90 Å². The molecule has 0 bridgehead atoms. The second-order valence-corrected chi connectivity index (χ2v) is 5.23. The van der Waals surface area contributed by atoms with Crippen molar-refractivity contribution in [3.05, 3.63) is 0 Å². The highest BCUT2D eigenvalue weighted by Gasteiger charge is 2.17. The molecule has 0 saturated carbocycles. The summed E-state index contributed by atoms with van der Waals surface area (Å²) >= 11 is 0. The van der Waals surface area contributed by atoms with Crippen molar-refractivity contribution in [2.75, 3.05) is 6.61 Å². The van der Waals surface area contributed by atoms with Crippen LogP contribution in [0.1, 0.15) is 47.5 Å². The average molecular weight is 218 g/mol. The summed E-state index contributed by atoms with van der Waals surface area (Å²) in [7, 11) is 0. The van der Waals surface area contributed by atoms with E-state index >= 15 is 0 Å². The zero-order valence-electron chi connectivity index (χ0n) is 10.3. The van der Waals surface area contributed by atoms with Gasteiger partial charge in [0.15, 0.2) is 0 Å². The maximum absolute atomic E-state index is 11.1. The van der Waals surface area contributed by atoms with Gasteiger partial charge in [0, 0.05) is 0 Å². The molecule has 0 saturated heterocycles. The van der Waals surface area contributed by atoms with E-state index in [4.69, 9.17) is 9.47 Å². The first-order valence-corrected chi connectivity index (χ1v) is 5.18. The molecule has 0 aromatic heterocycles. The molecule has 15 heavy (non-hydrogen) atoms. The summed E-state index contributed by atoms with van der Waals surface area (Å²) in [5.74, 6) is 0. The quantitative estimate of drug-likeness (QED) is 0.582. The Kier molecular flexibility index (Phi) is 5.08. The SMILES string of the molecule is CC(C)(O)CCCOC(=O)OC(C)(C)C. The molecule has 0 spiro atoms. The number of hydrogen-bond donors (Lipinski definition) is 1. The summed E-state index contributed by atoms with van der Waals surface area (Å²) in [4.78, 5) is 11.1. The van der Waals surface area contributed by atoms with E-state index < -0.39 is 17.4 Å². The second kappa shape index (κ2) is 5.35. The Hall–Kier alpha value is -0.770. The summed E-state index contributed by atoms with van der Waals surface area (Å²) in [5, 5.41) is 9.40. The van der Waals surface area contributed by atoms with Gasteiger partial charge in [0.1, 0.15) is 5.60 Å². The van der Waals surface area contributed by atoms with E-state index in [2.05, 4.69) is 0 Å². The maximum atomic E-state index is 11.1. The summed E-state index contributed by atoms with van der Waals surface area (Å²) in [5.41, 5.74) is -1.23. The van der Waals surface area contributed by atoms with Crippen LogP contribution in [-0.4, -0.2) is 29.1 Å². The summed E-state index contributed by atoms with van der Waals surface area (Å²) in [6.07, 6.45) is 0.566. The predicted octanol–water partition coefficient (Wildman–Crippen LogP) is 2.49. The number of hydrogen-bond acceptors (Lipinski definition) is 4. The molecule has 0 atom stereocenters. The van der Waals surface area contributed by atoms with Crippen molar-refractivity contribution in [3.8, 4) is 0 Å². The Morgan fingerprint density at radius 2 is 1.73 bits per heavy atom. The molecule has 1 N–H and O–H groups in total. The van der Waals surface area contributed by atoms with E-state index in [-0.39, 0.29) is 6.61 Å². The van der Waals surface area contributed by atoms with Crippen LogP contribution in [0.3, 0.4) is 0 Å². The monoisotopic (exact) mass is 218 g/mol. The molecule has 0 unspecified atom stereocenters. The molecule has 0 aromatic rings. The lowest BCUT2D eigenvalue weighted by Crippen LogP contribution is -2.25. The minimum absolute atomic E-state index is 0.277. The Balaban J connectivity index is 3.57. The van der Waals surface area contributed by atoms with E-state index in [0.717, 1.165) is 0 Å². The molecule has 0 aliphatic carbocycles. The normalized spacial score (nSPS) is 12.4. The first kappa shape index (κ1) is 14.2. The van der Waals surface area contributed by atoms with Gasteiger partial charge in [0.2, 0.25) is 0 Å². The molecular formula is C11H22O4. The molecular weight excluding hydrogens is 196 g/mol. The van der Waals surface area contributed by atoms with Crippen LogP contribution in [0.2, 0.25) is 0 Å². The van der Waals surface area contributed by atoms with Gasteiger partial charge in [-0.2, -0.15) is 0 Å². The topological polar surface area (TPSA) is 55.8 Å². The fourth-order valence-corrected chi connectivity index (χ4v) is 0.940. The highest BCUT2D eigenvalue weighted by Crippen LogP contribution is 2.11.